The van der Waals surface area contributed by atoms with E-state index in [9.17, 15) is 0 Å². The minimum atomic E-state index is 0.0631. The van der Waals surface area contributed by atoms with E-state index in [0.717, 1.165) is 11.3 Å². The first kappa shape index (κ1) is 15.9. The highest BCUT2D eigenvalue weighted by atomic mass is 16.5. The normalized spacial score (nSPS) is 12.0. The average Bonchev–Trinajstić information content (AvgIpc) is 2.87. The second-order valence-electron chi connectivity index (χ2n) is 5.12. The molecule has 1 aromatic heterocycles. The van der Waals surface area contributed by atoms with Crippen LogP contribution in [0.4, 0.5) is 5.88 Å². The highest BCUT2D eigenvalue weighted by molar-refractivity contribution is 5.46. The van der Waals surface area contributed by atoms with Crippen LogP contribution in [0.2, 0.25) is 0 Å². The SMILES string of the molecule is COc1ccccc1[C@H](CNc1oc(C)nc1C#N)N(C)C. The summed E-state index contributed by atoms with van der Waals surface area (Å²) in [5.74, 6) is 1.71. The number of para-hydroxylation sites is 1. The summed E-state index contributed by atoms with van der Waals surface area (Å²) in [5, 5.41) is 12.2. The monoisotopic (exact) mass is 300 g/mol. The third-order valence-electron chi connectivity index (χ3n) is 3.42. The molecule has 1 aromatic carbocycles. The first-order chi connectivity index (χ1) is 10.6. The molecule has 0 aliphatic heterocycles. The summed E-state index contributed by atoms with van der Waals surface area (Å²) in [7, 11) is 5.65. The number of oxazole rings is 1. The third-order valence-corrected chi connectivity index (χ3v) is 3.42. The fourth-order valence-electron chi connectivity index (χ4n) is 2.32. The van der Waals surface area contributed by atoms with E-state index in [1.54, 1.807) is 14.0 Å². The number of nitriles is 1. The zero-order valence-corrected chi connectivity index (χ0v) is 13.3. The van der Waals surface area contributed by atoms with Crippen molar-refractivity contribution < 1.29 is 9.15 Å². The summed E-state index contributed by atoms with van der Waals surface area (Å²) in [6.07, 6.45) is 0. The summed E-state index contributed by atoms with van der Waals surface area (Å²) in [4.78, 5) is 6.11. The quantitative estimate of drug-likeness (QED) is 0.884. The molecule has 1 heterocycles. The number of aromatic nitrogens is 1. The maximum Gasteiger partial charge on any atom is 0.232 e. The summed E-state index contributed by atoms with van der Waals surface area (Å²) in [6.45, 7) is 2.28. The van der Waals surface area contributed by atoms with Gasteiger partial charge in [0.25, 0.3) is 0 Å². The smallest absolute Gasteiger partial charge is 0.232 e. The number of nitrogens with zero attached hydrogens (tertiary/aromatic N) is 3. The Bertz CT molecular complexity index is 673. The molecule has 0 spiro atoms. The Morgan fingerprint density at radius 3 is 2.77 bits per heavy atom. The van der Waals surface area contributed by atoms with Gasteiger partial charge in [-0.25, -0.2) is 4.98 Å². The molecular formula is C16H20N4O2. The van der Waals surface area contributed by atoms with Gasteiger partial charge in [-0.2, -0.15) is 5.26 Å². The average molecular weight is 300 g/mol. The predicted molar refractivity (Wildman–Crippen MR) is 83.9 cm³/mol. The Hall–Kier alpha value is -2.52. The molecule has 2 aromatic rings. The number of likely N-dealkylation sites (N-methyl/N-ethyl adjacent to an activating group) is 1. The van der Waals surface area contributed by atoms with Gasteiger partial charge in [0, 0.05) is 19.0 Å². The third kappa shape index (κ3) is 3.38. The minimum Gasteiger partial charge on any atom is -0.496 e. The molecule has 0 bridgehead atoms. The molecule has 0 fully saturated rings. The number of hydrogen-bond donors (Lipinski definition) is 1. The fraction of sp³-hybridized carbons (Fsp3) is 0.375. The second-order valence-corrected chi connectivity index (χ2v) is 5.12. The lowest BCUT2D eigenvalue weighted by Gasteiger charge is -2.26. The molecule has 22 heavy (non-hydrogen) atoms. The number of anilines is 1. The van der Waals surface area contributed by atoms with Crippen LogP contribution in [0.25, 0.3) is 0 Å². The van der Waals surface area contributed by atoms with Crippen LogP contribution < -0.4 is 10.1 Å². The topological polar surface area (TPSA) is 74.3 Å². The molecule has 0 radical (unpaired) electrons. The maximum absolute atomic E-state index is 9.06. The first-order valence-corrected chi connectivity index (χ1v) is 6.97. The molecule has 0 amide bonds. The Kier molecular flexibility index (Phi) is 5.02. The van der Waals surface area contributed by atoms with Gasteiger partial charge < -0.3 is 19.4 Å². The molecule has 0 aliphatic rings. The molecule has 1 N–H and O–H groups in total. The maximum atomic E-state index is 9.06. The number of ether oxygens (including phenoxy) is 1. The number of methoxy groups -OCH3 is 1. The standard InChI is InChI=1S/C16H20N4O2/c1-11-19-13(9-17)16(22-11)18-10-14(20(2)3)12-7-5-6-8-15(12)21-4/h5-8,14,18H,10H2,1-4H3/t14-/m0/s1. The molecule has 1 atom stereocenters. The van der Waals surface area contributed by atoms with Gasteiger partial charge in [0.2, 0.25) is 11.6 Å². The molecule has 0 aliphatic carbocycles. The van der Waals surface area contributed by atoms with Gasteiger partial charge in [0.05, 0.1) is 13.2 Å². The van der Waals surface area contributed by atoms with Crippen LogP contribution >= 0.6 is 0 Å². The van der Waals surface area contributed by atoms with Crippen molar-refractivity contribution in [3.63, 3.8) is 0 Å². The molecule has 116 valence electrons. The van der Waals surface area contributed by atoms with E-state index >= 15 is 0 Å². The molecule has 6 heteroatoms. The van der Waals surface area contributed by atoms with E-state index in [0.29, 0.717) is 18.3 Å². The van der Waals surface area contributed by atoms with Crippen molar-refractivity contribution in [2.45, 2.75) is 13.0 Å². The van der Waals surface area contributed by atoms with Crippen molar-refractivity contribution in [2.24, 2.45) is 0 Å². The molecule has 0 saturated carbocycles. The number of aryl methyl sites for hydroxylation is 1. The highest BCUT2D eigenvalue weighted by Crippen LogP contribution is 2.28. The van der Waals surface area contributed by atoms with Crippen LogP contribution in [0.3, 0.4) is 0 Å². The Morgan fingerprint density at radius 2 is 2.14 bits per heavy atom. The van der Waals surface area contributed by atoms with Crippen molar-refractivity contribution in [2.75, 3.05) is 33.1 Å². The van der Waals surface area contributed by atoms with E-state index in [1.165, 1.54) is 0 Å². The molecule has 2 rings (SSSR count). The summed E-state index contributed by atoms with van der Waals surface area (Å²) < 4.78 is 10.9. The predicted octanol–water partition coefficient (Wildman–Crippen LogP) is 2.58. The first-order valence-electron chi connectivity index (χ1n) is 6.97. The van der Waals surface area contributed by atoms with E-state index < -0.39 is 0 Å². The zero-order chi connectivity index (χ0) is 16.1. The van der Waals surface area contributed by atoms with Gasteiger partial charge in [-0.3, -0.25) is 0 Å². The largest absolute Gasteiger partial charge is 0.496 e. The van der Waals surface area contributed by atoms with Gasteiger partial charge in [0.15, 0.2) is 5.89 Å². The van der Waals surface area contributed by atoms with E-state index in [2.05, 4.69) is 15.2 Å². The highest BCUT2D eigenvalue weighted by Gasteiger charge is 2.19. The molecule has 0 saturated heterocycles. The van der Waals surface area contributed by atoms with Crippen LogP contribution in [0, 0.1) is 18.3 Å². The summed E-state index contributed by atoms with van der Waals surface area (Å²) in [6, 6.07) is 9.97. The van der Waals surface area contributed by atoms with Gasteiger partial charge in [0.1, 0.15) is 11.8 Å². The van der Waals surface area contributed by atoms with Crippen LogP contribution in [-0.4, -0.2) is 37.6 Å². The lowest BCUT2D eigenvalue weighted by molar-refractivity contribution is 0.298. The number of hydrogen-bond acceptors (Lipinski definition) is 6. The van der Waals surface area contributed by atoms with Crippen molar-refractivity contribution in [1.82, 2.24) is 9.88 Å². The zero-order valence-electron chi connectivity index (χ0n) is 13.3. The molecule has 6 nitrogen and oxygen atoms in total. The van der Waals surface area contributed by atoms with Gasteiger partial charge in [-0.1, -0.05) is 18.2 Å². The number of benzene rings is 1. The van der Waals surface area contributed by atoms with Crippen molar-refractivity contribution in [3.05, 3.63) is 41.4 Å². The summed E-state index contributed by atoms with van der Waals surface area (Å²) >= 11 is 0. The van der Waals surface area contributed by atoms with E-state index in [1.807, 2.05) is 44.4 Å². The Morgan fingerprint density at radius 1 is 1.41 bits per heavy atom. The lowest BCUT2D eigenvalue weighted by atomic mass is 10.0. The Labute approximate surface area is 130 Å². The van der Waals surface area contributed by atoms with Gasteiger partial charge in [-0.15, -0.1) is 0 Å². The fourth-order valence-corrected chi connectivity index (χ4v) is 2.32. The number of rotatable bonds is 6. The van der Waals surface area contributed by atoms with Crippen LogP contribution in [0.5, 0.6) is 5.75 Å². The lowest BCUT2D eigenvalue weighted by Crippen LogP contribution is -2.27. The van der Waals surface area contributed by atoms with Crippen LogP contribution in [0.15, 0.2) is 28.7 Å². The van der Waals surface area contributed by atoms with E-state index in [4.69, 9.17) is 14.4 Å². The van der Waals surface area contributed by atoms with Crippen LogP contribution in [0.1, 0.15) is 23.2 Å². The van der Waals surface area contributed by atoms with Crippen molar-refractivity contribution in [1.29, 1.82) is 5.26 Å². The summed E-state index contributed by atoms with van der Waals surface area (Å²) in [5.41, 5.74) is 1.34. The molecular weight excluding hydrogens is 280 g/mol. The van der Waals surface area contributed by atoms with Gasteiger partial charge >= 0.3 is 0 Å². The van der Waals surface area contributed by atoms with Crippen molar-refractivity contribution >= 4 is 5.88 Å². The minimum absolute atomic E-state index is 0.0631. The van der Waals surface area contributed by atoms with E-state index in [-0.39, 0.29) is 11.7 Å². The second kappa shape index (κ2) is 6.96. The van der Waals surface area contributed by atoms with Crippen molar-refractivity contribution in [3.8, 4) is 11.8 Å². The Balaban J connectivity index is 2.21. The van der Waals surface area contributed by atoms with Gasteiger partial charge in [-0.05, 0) is 20.2 Å². The number of nitrogens with one attached hydrogen (secondary N) is 1. The van der Waals surface area contributed by atoms with Crippen LogP contribution in [-0.2, 0) is 0 Å². The molecule has 0 unspecified atom stereocenters.